The van der Waals surface area contributed by atoms with Gasteiger partial charge in [-0.25, -0.2) is 0 Å². The molecular weight excluding hydrogens is 194 g/mol. The lowest BCUT2D eigenvalue weighted by Gasteiger charge is -2.16. The van der Waals surface area contributed by atoms with E-state index in [4.69, 9.17) is 5.73 Å². The topological polar surface area (TPSA) is 26.0 Å². The van der Waals surface area contributed by atoms with Gasteiger partial charge in [0.25, 0.3) is 0 Å². The van der Waals surface area contributed by atoms with Gasteiger partial charge < -0.3 is 5.73 Å². The molecule has 1 aliphatic carbocycles. The molecule has 0 aliphatic heterocycles. The number of halogens is 1. The van der Waals surface area contributed by atoms with Gasteiger partial charge in [0.15, 0.2) is 0 Å². The normalized spacial score (nSPS) is 17.3. The Labute approximate surface area is 92.1 Å². The monoisotopic (exact) mass is 211 g/mol. The molecule has 0 amide bonds. The Morgan fingerprint density at radius 2 is 1.79 bits per heavy atom. The van der Waals surface area contributed by atoms with Gasteiger partial charge >= 0.3 is 0 Å². The molecule has 0 bridgehead atoms. The van der Waals surface area contributed by atoms with E-state index in [-0.39, 0.29) is 12.4 Å². The first kappa shape index (κ1) is 11.5. The molecule has 0 radical (unpaired) electrons. The molecule has 0 aromatic heterocycles. The van der Waals surface area contributed by atoms with Crippen LogP contribution >= 0.6 is 12.4 Å². The van der Waals surface area contributed by atoms with Crippen LogP contribution in [0.5, 0.6) is 0 Å². The average molecular weight is 212 g/mol. The van der Waals surface area contributed by atoms with E-state index in [2.05, 4.69) is 31.2 Å². The van der Waals surface area contributed by atoms with Crippen LogP contribution in [0.1, 0.15) is 24.5 Å². The van der Waals surface area contributed by atoms with Gasteiger partial charge in [0.2, 0.25) is 0 Å². The maximum Gasteiger partial charge on any atom is 0.00708 e. The van der Waals surface area contributed by atoms with E-state index in [1.165, 1.54) is 24.0 Å². The molecule has 1 nitrogen and oxygen atoms in total. The summed E-state index contributed by atoms with van der Waals surface area (Å²) in [5.74, 6) is 0.683. The van der Waals surface area contributed by atoms with Crippen molar-refractivity contribution in [1.29, 1.82) is 0 Å². The summed E-state index contributed by atoms with van der Waals surface area (Å²) in [6, 6.07) is 9.10. The first-order valence-electron chi connectivity index (χ1n) is 5.13. The predicted molar refractivity (Wildman–Crippen MR) is 62.9 cm³/mol. The standard InChI is InChI=1S/C12H17N.ClH/c1-2-12(13)11-7-9-5-3-4-6-10(9)8-11;/h3-6,11-12H,2,7-8,13H2,1H3;1H. The van der Waals surface area contributed by atoms with Crippen molar-refractivity contribution in [2.24, 2.45) is 11.7 Å². The second-order valence-electron chi connectivity index (χ2n) is 4.01. The zero-order chi connectivity index (χ0) is 9.26. The Morgan fingerprint density at radius 1 is 1.29 bits per heavy atom. The Morgan fingerprint density at radius 3 is 2.21 bits per heavy atom. The summed E-state index contributed by atoms with van der Waals surface area (Å²) < 4.78 is 0. The molecule has 2 heteroatoms. The smallest absolute Gasteiger partial charge is 0.00708 e. The van der Waals surface area contributed by atoms with Crippen LogP contribution in [0.25, 0.3) is 0 Å². The van der Waals surface area contributed by atoms with Crippen molar-refractivity contribution in [2.45, 2.75) is 32.2 Å². The minimum Gasteiger partial charge on any atom is -0.327 e. The SMILES string of the molecule is CCC(N)C1Cc2ccccc2C1.Cl. The minimum atomic E-state index is 0. The first-order chi connectivity index (χ1) is 6.31. The maximum absolute atomic E-state index is 6.06. The minimum absolute atomic E-state index is 0. The van der Waals surface area contributed by atoms with Gasteiger partial charge in [0.1, 0.15) is 0 Å². The molecule has 1 aliphatic rings. The van der Waals surface area contributed by atoms with E-state index in [0.717, 1.165) is 6.42 Å². The van der Waals surface area contributed by atoms with Crippen LogP contribution < -0.4 is 5.73 Å². The Bertz CT molecular complexity index is 273. The summed E-state index contributed by atoms with van der Waals surface area (Å²) >= 11 is 0. The van der Waals surface area contributed by atoms with Crippen molar-refractivity contribution in [3.8, 4) is 0 Å². The van der Waals surface area contributed by atoms with Crippen LogP contribution in [0.2, 0.25) is 0 Å². The molecular formula is C12H18ClN. The van der Waals surface area contributed by atoms with Crippen LogP contribution in [0, 0.1) is 5.92 Å². The lowest BCUT2D eigenvalue weighted by Crippen LogP contribution is -2.29. The van der Waals surface area contributed by atoms with E-state index >= 15 is 0 Å². The third-order valence-corrected chi connectivity index (χ3v) is 3.16. The van der Waals surface area contributed by atoms with Gasteiger partial charge in [-0.1, -0.05) is 31.2 Å². The highest BCUT2D eigenvalue weighted by molar-refractivity contribution is 5.85. The summed E-state index contributed by atoms with van der Waals surface area (Å²) in [4.78, 5) is 0. The highest BCUT2D eigenvalue weighted by Gasteiger charge is 2.24. The van der Waals surface area contributed by atoms with Crippen LogP contribution in [0.3, 0.4) is 0 Å². The molecule has 0 heterocycles. The highest BCUT2D eigenvalue weighted by atomic mass is 35.5. The third-order valence-electron chi connectivity index (χ3n) is 3.16. The zero-order valence-corrected chi connectivity index (χ0v) is 9.39. The van der Waals surface area contributed by atoms with Crippen molar-refractivity contribution >= 4 is 12.4 Å². The second-order valence-corrected chi connectivity index (χ2v) is 4.01. The Kier molecular flexibility index (Phi) is 3.97. The molecule has 1 aromatic carbocycles. The number of hydrogen-bond acceptors (Lipinski definition) is 1. The molecule has 2 rings (SSSR count). The average Bonchev–Trinajstić information content (AvgIpc) is 2.59. The molecule has 0 saturated heterocycles. The molecule has 0 spiro atoms. The molecule has 0 fully saturated rings. The van der Waals surface area contributed by atoms with E-state index in [9.17, 15) is 0 Å². The summed E-state index contributed by atoms with van der Waals surface area (Å²) in [5, 5.41) is 0. The van der Waals surface area contributed by atoms with Gasteiger partial charge in [-0.05, 0) is 36.3 Å². The molecule has 2 N–H and O–H groups in total. The van der Waals surface area contributed by atoms with Crippen molar-refractivity contribution in [2.75, 3.05) is 0 Å². The predicted octanol–water partition coefficient (Wildman–Crippen LogP) is 2.56. The lowest BCUT2D eigenvalue weighted by atomic mass is 9.95. The first-order valence-corrected chi connectivity index (χ1v) is 5.13. The van der Waals surface area contributed by atoms with Gasteiger partial charge in [-0.3, -0.25) is 0 Å². The highest BCUT2D eigenvalue weighted by Crippen LogP contribution is 2.28. The van der Waals surface area contributed by atoms with Gasteiger partial charge in [-0.2, -0.15) is 0 Å². The summed E-state index contributed by atoms with van der Waals surface area (Å²) in [6.45, 7) is 2.17. The third kappa shape index (κ3) is 2.10. The lowest BCUT2D eigenvalue weighted by molar-refractivity contribution is 0.429. The molecule has 1 aromatic rings. The zero-order valence-electron chi connectivity index (χ0n) is 8.57. The maximum atomic E-state index is 6.06. The van der Waals surface area contributed by atoms with Crippen LogP contribution in [0.4, 0.5) is 0 Å². The Balaban J connectivity index is 0.000000980. The van der Waals surface area contributed by atoms with E-state index in [0.29, 0.717) is 12.0 Å². The van der Waals surface area contributed by atoms with E-state index < -0.39 is 0 Å². The van der Waals surface area contributed by atoms with E-state index in [1.54, 1.807) is 0 Å². The van der Waals surface area contributed by atoms with Crippen LogP contribution in [0.15, 0.2) is 24.3 Å². The molecule has 1 unspecified atom stereocenters. The van der Waals surface area contributed by atoms with Crippen LogP contribution in [-0.4, -0.2) is 6.04 Å². The van der Waals surface area contributed by atoms with Crippen molar-refractivity contribution in [3.05, 3.63) is 35.4 Å². The van der Waals surface area contributed by atoms with Crippen molar-refractivity contribution in [1.82, 2.24) is 0 Å². The summed E-state index contributed by atoms with van der Waals surface area (Å²) in [5.41, 5.74) is 9.08. The largest absolute Gasteiger partial charge is 0.327 e. The fraction of sp³-hybridized carbons (Fsp3) is 0.500. The number of benzene rings is 1. The molecule has 14 heavy (non-hydrogen) atoms. The fourth-order valence-corrected chi connectivity index (χ4v) is 2.23. The second kappa shape index (κ2) is 4.81. The molecule has 0 saturated carbocycles. The van der Waals surface area contributed by atoms with Gasteiger partial charge in [-0.15, -0.1) is 12.4 Å². The number of rotatable bonds is 2. The quantitative estimate of drug-likeness (QED) is 0.800. The Hall–Kier alpha value is -0.530. The fourth-order valence-electron chi connectivity index (χ4n) is 2.23. The number of hydrogen-bond donors (Lipinski definition) is 1. The summed E-state index contributed by atoms with van der Waals surface area (Å²) in [7, 11) is 0. The summed E-state index contributed by atoms with van der Waals surface area (Å²) in [6.07, 6.45) is 3.47. The molecule has 78 valence electrons. The number of nitrogens with two attached hydrogens (primary N) is 1. The van der Waals surface area contributed by atoms with Crippen molar-refractivity contribution in [3.63, 3.8) is 0 Å². The molecule has 1 atom stereocenters. The number of fused-ring (bicyclic) bond motifs is 1. The van der Waals surface area contributed by atoms with Gasteiger partial charge in [0.05, 0.1) is 0 Å². The van der Waals surface area contributed by atoms with Crippen LogP contribution in [-0.2, 0) is 12.8 Å². The van der Waals surface area contributed by atoms with Gasteiger partial charge in [0, 0.05) is 6.04 Å². The van der Waals surface area contributed by atoms with Crippen molar-refractivity contribution < 1.29 is 0 Å². The van der Waals surface area contributed by atoms with E-state index in [1.807, 2.05) is 0 Å².